The molecule has 0 spiro atoms. The molecule has 0 bridgehead atoms. The van der Waals surface area contributed by atoms with Crippen LogP contribution in [0.15, 0.2) is 0 Å². The Kier molecular flexibility index (Phi) is 5.17. The third-order valence-electron chi connectivity index (χ3n) is 3.32. The highest BCUT2D eigenvalue weighted by Crippen LogP contribution is 2.19. The standard InChI is InChI=1S/C13H25N3O3/c1-5-19-12(18)16-8-6-15(7-9-16)11(17)10(14)13(2,3)4/h10H,5-9,14H2,1-4H3. The van der Waals surface area contributed by atoms with Crippen LogP contribution in [0.1, 0.15) is 27.7 Å². The summed E-state index contributed by atoms with van der Waals surface area (Å²) in [5.74, 6) is -0.0454. The quantitative estimate of drug-likeness (QED) is 0.800. The van der Waals surface area contributed by atoms with Gasteiger partial charge in [-0.15, -0.1) is 0 Å². The van der Waals surface area contributed by atoms with Crippen molar-refractivity contribution >= 4 is 12.0 Å². The zero-order valence-electron chi connectivity index (χ0n) is 12.3. The van der Waals surface area contributed by atoms with E-state index in [0.717, 1.165) is 0 Å². The summed E-state index contributed by atoms with van der Waals surface area (Å²) < 4.78 is 4.94. The first kappa shape index (κ1) is 15.8. The molecule has 2 amide bonds. The minimum atomic E-state index is -0.512. The number of amides is 2. The van der Waals surface area contributed by atoms with Gasteiger partial charge in [-0.1, -0.05) is 20.8 Å². The minimum absolute atomic E-state index is 0.0454. The normalized spacial score (nSPS) is 18.2. The van der Waals surface area contributed by atoms with Gasteiger partial charge in [-0.05, 0) is 12.3 Å². The summed E-state index contributed by atoms with van der Waals surface area (Å²) in [6, 6.07) is -0.512. The molecule has 1 atom stereocenters. The Morgan fingerprint density at radius 2 is 1.63 bits per heavy atom. The van der Waals surface area contributed by atoms with E-state index in [4.69, 9.17) is 10.5 Å². The molecule has 110 valence electrons. The van der Waals surface area contributed by atoms with Crippen LogP contribution in [0.25, 0.3) is 0 Å². The van der Waals surface area contributed by atoms with Crippen LogP contribution in [-0.2, 0) is 9.53 Å². The Balaban J connectivity index is 2.50. The van der Waals surface area contributed by atoms with Crippen molar-refractivity contribution in [2.75, 3.05) is 32.8 Å². The summed E-state index contributed by atoms with van der Waals surface area (Å²) in [5.41, 5.74) is 5.72. The molecule has 2 N–H and O–H groups in total. The molecule has 1 heterocycles. The van der Waals surface area contributed by atoms with E-state index in [1.807, 2.05) is 20.8 Å². The third-order valence-corrected chi connectivity index (χ3v) is 3.32. The lowest BCUT2D eigenvalue weighted by Gasteiger charge is -2.37. The highest BCUT2D eigenvalue weighted by atomic mass is 16.6. The number of ether oxygens (including phenoxy) is 1. The molecular weight excluding hydrogens is 246 g/mol. The maximum atomic E-state index is 12.2. The smallest absolute Gasteiger partial charge is 0.409 e. The number of hydrogen-bond acceptors (Lipinski definition) is 4. The third kappa shape index (κ3) is 4.09. The van der Waals surface area contributed by atoms with Gasteiger partial charge in [0.1, 0.15) is 0 Å². The second-order valence-corrected chi connectivity index (χ2v) is 5.85. The Morgan fingerprint density at radius 1 is 1.16 bits per heavy atom. The van der Waals surface area contributed by atoms with Crippen LogP contribution in [0.4, 0.5) is 4.79 Å². The summed E-state index contributed by atoms with van der Waals surface area (Å²) in [5, 5.41) is 0. The van der Waals surface area contributed by atoms with Crippen molar-refractivity contribution in [3.8, 4) is 0 Å². The van der Waals surface area contributed by atoms with E-state index in [0.29, 0.717) is 32.8 Å². The summed E-state index contributed by atoms with van der Waals surface area (Å²) in [6.45, 7) is 10.0. The Labute approximate surface area is 114 Å². The average Bonchev–Trinajstić information content (AvgIpc) is 2.36. The van der Waals surface area contributed by atoms with Crippen LogP contribution in [-0.4, -0.2) is 60.6 Å². The van der Waals surface area contributed by atoms with E-state index in [1.165, 1.54) is 0 Å². The molecule has 0 aromatic rings. The molecule has 1 rings (SSSR count). The van der Waals surface area contributed by atoms with Gasteiger partial charge in [0.25, 0.3) is 0 Å². The van der Waals surface area contributed by atoms with Gasteiger partial charge in [0.15, 0.2) is 0 Å². The molecule has 0 aromatic carbocycles. The van der Waals surface area contributed by atoms with Crippen LogP contribution in [0.2, 0.25) is 0 Å². The van der Waals surface area contributed by atoms with Gasteiger partial charge in [0.2, 0.25) is 5.91 Å². The topological polar surface area (TPSA) is 75.9 Å². The van der Waals surface area contributed by atoms with Crippen LogP contribution >= 0.6 is 0 Å². The summed E-state index contributed by atoms with van der Waals surface area (Å²) in [6.07, 6.45) is -0.310. The summed E-state index contributed by atoms with van der Waals surface area (Å²) in [4.78, 5) is 27.1. The van der Waals surface area contributed by atoms with Gasteiger partial charge >= 0.3 is 6.09 Å². The number of hydrogen-bond donors (Lipinski definition) is 1. The largest absolute Gasteiger partial charge is 0.450 e. The number of carbonyl (C=O) groups excluding carboxylic acids is 2. The minimum Gasteiger partial charge on any atom is -0.450 e. The van der Waals surface area contributed by atoms with Crippen LogP contribution in [0.5, 0.6) is 0 Å². The van der Waals surface area contributed by atoms with Crippen molar-refractivity contribution in [1.29, 1.82) is 0 Å². The van der Waals surface area contributed by atoms with Gasteiger partial charge in [-0.25, -0.2) is 4.79 Å². The molecule has 0 saturated carbocycles. The van der Waals surface area contributed by atoms with Gasteiger partial charge in [0.05, 0.1) is 12.6 Å². The lowest BCUT2D eigenvalue weighted by atomic mass is 9.86. The number of nitrogens with zero attached hydrogens (tertiary/aromatic N) is 2. The van der Waals surface area contributed by atoms with Crippen molar-refractivity contribution in [3.63, 3.8) is 0 Å². The highest BCUT2D eigenvalue weighted by molar-refractivity contribution is 5.82. The van der Waals surface area contributed by atoms with Crippen molar-refractivity contribution in [2.24, 2.45) is 11.1 Å². The summed E-state index contributed by atoms with van der Waals surface area (Å²) >= 11 is 0. The van der Waals surface area contributed by atoms with Gasteiger partial charge in [-0.2, -0.15) is 0 Å². The van der Waals surface area contributed by atoms with Crippen molar-refractivity contribution in [2.45, 2.75) is 33.7 Å². The van der Waals surface area contributed by atoms with E-state index in [-0.39, 0.29) is 17.4 Å². The zero-order valence-corrected chi connectivity index (χ0v) is 12.3. The number of carbonyl (C=O) groups is 2. The monoisotopic (exact) mass is 271 g/mol. The van der Waals surface area contributed by atoms with Crippen LogP contribution in [0.3, 0.4) is 0 Å². The van der Waals surface area contributed by atoms with E-state index < -0.39 is 6.04 Å². The van der Waals surface area contributed by atoms with Crippen LogP contribution in [0, 0.1) is 5.41 Å². The van der Waals surface area contributed by atoms with Gasteiger partial charge in [-0.3, -0.25) is 4.79 Å². The first-order valence-corrected chi connectivity index (χ1v) is 6.73. The van der Waals surface area contributed by atoms with Crippen molar-refractivity contribution < 1.29 is 14.3 Å². The molecule has 1 aliphatic rings. The number of piperazine rings is 1. The second kappa shape index (κ2) is 6.23. The molecule has 19 heavy (non-hydrogen) atoms. The maximum absolute atomic E-state index is 12.2. The molecular formula is C13H25N3O3. The molecule has 0 radical (unpaired) electrons. The first-order valence-electron chi connectivity index (χ1n) is 6.73. The van der Waals surface area contributed by atoms with Crippen molar-refractivity contribution in [1.82, 2.24) is 9.80 Å². The number of nitrogens with two attached hydrogens (primary N) is 1. The fourth-order valence-electron chi connectivity index (χ4n) is 1.89. The molecule has 1 saturated heterocycles. The lowest BCUT2D eigenvalue weighted by molar-refractivity contribution is -0.136. The lowest BCUT2D eigenvalue weighted by Crippen LogP contribution is -2.57. The molecule has 1 fully saturated rings. The fourth-order valence-corrected chi connectivity index (χ4v) is 1.89. The summed E-state index contributed by atoms with van der Waals surface area (Å²) in [7, 11) is 0. The van der Waals surface area contributed by atoms with E-state index in [2.05, 4.69) is 0 Å². The molecule has 6 heteroatoms. The molecule has 0 aromatic heterocycles. The fraction of sp³-hybridized carbons (Fsp3) is 0.846. The average molecular weight is 271 g/mol. The molecule has 6 nitrogen and oxygen atoms in total. The predicted octanol–water partition coefficient (Wildman–Crippen LogP) is 0.661. The van der Waals surface area contributed by atoms with Crippen LogP contribution < -0.4 is 5.73 Å². The Bertz CT molecular complexity index is 331. The van der Waals surface area contributed by atoms with Gasteiger partial charge in [0, 0.05) is 26.2 Å². The molecule has 1 unspecified atom stereocenters. The maximum Gasteiger partial charge on any atom is 0.409 e. The van der Waals surface area contributed by atoms with E-state index in [1.54, 1.807) is 16.7 Å². The first-order chi connectivity index (χ1) is 8.77. The van der Waals surface area contributed by atoms with Gasteiger partial charge < -0.3 is 20.3 Å². The molecule has 1 aliphatic heterocycles. The zero-order chi connectivity index (χ0) is 14.6. The van der Waals surface area contributed by atoms with E-state index in [9.17, 15) is 9.59 Å². The van der Waals surface area contributed by atoms with E-state index >= 15 is 0 Å². The highest BCUT2D eigenvalue weighted by Gasteiger charge is 2.33. The Hall–Kier alpha value is -1.30. The SMILES string of the molecule is CCOC(=O)N1CCN(C(=O)C(N)C(C)(C)C)CC1. The predicted molar refractivity (Wildman–Crippen MR) is 72.6 cm³/mol. The molecule has 0 aliphatic carbocycles. The number of rotatable bonds is 2. The second-order valence-electron chi connectivity index (χ2n) is 5.85. The Morgan fingerprint density at radius 3 is 2.05 bits per heavy atom. The van der Waals surface area contributed by atoms with Crippen molar-refractivity contribution in [3.05, 3.63) is 0 Å².